The number of carbonyl (C=O) groups is 1. The average Bonchev–Trinajstić information content (AvgIpc) is 2.83. The van der Waals surface area contributed by atoms with Crippen LogP contribution in [0.25, 0.3) is 0 Å². The summed E-state index contributed by atoms with van der Waals surface area (Å²) in [6, 6.07) is 4.17. The highest BCUT2D eigenvalue weighted by Gasteiger charge is 2.16. The van der Waals surface area contributed by atoms with Gasteiger partial charge in [0.15, 0.2) is 0 Å². The van der Waals surface area contributed by atoms with Gasteiger partial charge in [-0.3, -0.25) is 4.79 Å². The van der Waals surface area contributed by atoms with Gasteiger partial charge in [0.2, 0.25) is 5.91 Å². The number of nitrogens with one attached hydrogen (secondary N) is 2. The summed E-state index contributed by atoms with van der Waals surface area (Å²) in [5.41, 5.74) is 0. The molecule has 3 nitrogen and oxygen atoms in total. The smallest absolute Gasteiger partial charge is 0.220 e. The molecule has 0 saturated carbocycles. The molecule has 0 aliphatic carbocycles. The lowest BCUT2D eigenvalue weighted by Crippen LogP contribution is -2.32. The van der Waals surface area contributed by atoms with Crippen molar-refractivity contribution in [3.63, 3.8) is 0 Å². The Balaban J connectivity index is 0.00000162. The van der Waals surface area contributed by atoms with Crippen LogP contribution in [0.2, 0.25) is 0 Å². The van der Waals surface area contributed by atoms with Crippen LogP contribution >= 0.6 is 23.7 Å². The summed E-state index contributed by atoms with van der Waals surface area (Å²) in [5.74, 6) is 0.798. The van der Waals surface area contributed by atoms with Crippen LogP contribution < -0.4 is 10.6 Å². The maximum Gasteiger partial charge on any atom is 0.220 e. The lowest BCUT2D eigenvalue weighted by Gasteiger charge is -2.21. The predicted molar refractivity (Wildman–Crippen MR) is 78.5 cm³/mol. The van der Waals surface area contributed by atoms with Gasteiger partial charge in [-0.05, 0) is 49.7 Å². The molecule has 0 radical (unpaired) electrons. The van der Waals surface area contributed by atoms with E-state index in [-0.39, 0.29) is 18.3 Å². The van der Waals surface area contributed by atoms with Gasteiger partial charge < -0.3 is 10.6 Å². The molecule has 1 amide bonds. The molecule has 0 unspecified atom stereocenters. The van der Waals surface area contributed by atoms with E-state index >= 15 is 0 Å². The minimum Gasteiger partial charge on any atom is -0.356 e. The van der Waals surface area contributed by atoms with E-state index in [9.17, 15) is 4.79 Å². The monoisotopic (exact) mass is 288 g/mol. The third-order valence-electron chi connectivity index (χ3n) is 3.21. The number of rotatable bonds is 5. The largest absolute Gasteiger partial charge is 0.356 e. The van der Waals surface area contributed by atoms with E-state index in [1.54, 1.807) is 11.3 Å². The summed E-state index contributed by atoms with van der Waals surface area (Å²) < 4.78 is 0. The lowest BCUT2D eigenvalue weighted by atomic mass is 9.94. The lowest BCUT2D eigenvalue weighted by molar-refractivity contribution is -0.122. The summed E-state index contributed by atoms with van der Waals surface area (Å²) in [6.45, 7) is 2.89. The highest BCUT2D eigenvalue weighted by molar-refractivity contribution is 7.09. The number of hydrogen-bond donors (Lipinski definition) is 2. The zero-order valence-corrected chi connectivity index (χ0v) is 12.1. The highest BCUT2D eigenvalue weighted by Crippen LogP contribution is 2.15. The molecular formula is C13H21ClN2OS. The molecule has 0 aromatic carbocycles. The second kappa shape index (κ2) is 8.51. The summed E-state index contributed by atoms with van der Waals surface area (Å²) >= 11 is 1.75. The van der Waals surface area contributed by atoms with Crippen molar-refractivity contribution >= 4 is 29.7 Å². The summed E-state index contributed by atoms with van der Waals surface area (Å²) in [4.78, 5) is 13.1. The third kappa shape index (κ3) is 5.38. The fraction of sp³-hybridized carbons (Fsp3) is 0.615. The molecule has 1 aliphatic rings. The first-order chi connectivity index (χ1) is 8.34. The minimum atomic E-state index is 0. The summed E-state index contributed by atoms with van der Waals surface area (Å²) in [7, 11) is 0. The maximum absolute atomic E-state index is 11.7. The molecule has 1 fully saturated rings. The Kier molecular flexibility index (Phi) is 7.32. The molecule has 2 rings (SSSR count). The first kappa shape index (κ1) is 15.5. The van der Waals surface area contributed by atoms with Gasteiger partial charge in [0.1, 0.15) is 0 Å². The van der Waals surface area contributed by atoms with Crippen molar-refractivity contribution in [3.05, 3.63) is 22.4 Å². The Morgan fingerprint density at radius 3 is 2.89 bits per heavy atom. The maximum atomic E-state index is 11.7. The number of hydrogen-bond acceptors (Lipinski definition) is 3. The Labute approximate surface area is 119 Å². The first-order valence-corrected chi connectivity index (χ1v) is 7.22. The topological polar surface area (TPSA) is 41.1 Å². The second-order valence-corrected chi connectivity index (χ2v) is 5.61. The van der Waals surface area contributed by atoms with Gasteiger partial charge in [0.25, 0.3) is 0 Å². The van der Waals surface area contributed by atoms with E-state index in [4.69, 9.17) is 0 Å². The van der Waals surface area contributed by atoms with Gasteiger partial charge in [-0.2, -0.15) is 0 Å². The van der Waals surface area contributed by atoms with E-state index in [0.717, 1.165) is 38.9 Å². The first-order valence-electron chi connectivity index (χ1n) is 6.34. The molecule has 2 N–H and O–H groups in total. The summed E-state index contributed by atoms with van der Waals surface area (Å²) in [6.07, 6.45) is 3.93. The molecule has 18 heavy (non-hydrogen) atoms. The van der Waals surface area contributed by atoms with E-state index in [2.05, 4.69) is 28.1 Å². The van der Waals surface area contributed by atoms with Crippen LogP contribution in [0, 0.1) is 5.92 Å². The van der Waals surface area contributed by atoms with Crippen LogP contribution in [-0.4, -0.2) is 25.5 Å². The Morgan fingerprint density at radius 1 is 1.44 bits per heavy atom. The average molecular weight is 289 g/mol. The second-order valence-electron chi connectivity index (χ2n) is 4.58. The van der Waals surface area contributed by atoms with Crippen molar-refractivity contribution in [2.75, 3.05) is 19.6 Å². The van der Waals surface area contributed by atoms with E-state index < -0.39 is 0 Å². The van der Waals surface area contributed by atoms with Crippen LogP contribution in [0.15, 0.2) is 17.5 Å². The van der Waals surface area contributed by atoms with Crippen molar-refractivity contribution in [1.29, 1.82) is 0 Å². The zero-order chi connectivity index (χ0) is 11.9. The van der Waals surface area contributed by atoms with Crippen molar-refractivity contribution in [2.45, 2.75) is 25.7 Å². The van der Waals surface area contributed by atoms with Gasteiger partial charge in [-0.15, -0.1) is 23.7 Å². The molecule has 1 saturated heterocycles. The summed E-state index contributed by atoms with van der Waals surface area (Å²) in [5, 5.41) is 8.41. The third-order valence-corrected chi connectivity index (χ3v) is 4.14. The SMILES string of the molecule is Cl.O=C(CC1CCNCC1)NCCc1cccs1. The molecule has 1 aromatic heterocycles. The number of thiophene rings is 1. The number of amides is 1. The Bertz CT molecular complexity index is 337. The fourth-order valence-corrected chi connectivity index (χ4v) is 2.91. The highest BCUT2D eigenvalue weighted by atomic mass is 35.5. The Hall–Kier alpha value is -0.580. The normalized spacial score (nSPS) is 16.0. The van der Waals surface area contributed by atoms with E-state index in [1.807, 2.05) is 0 Å². The van der Waals surface area contributed by atoms with Crippen LogP contribution in [0.4, 0.5) is 0 Å². The van der Waals surface area contributed by atoms with Crippen LogP contribution in [0.1, 0.15) is 24.1 Å². The fourth-order valence-electron chi connectivity index (χ4n) is 2.20. The van der Waals surface area contributed by atoms with Crippen LogP contribution in [-0.2, 0) is 11.2 Å². The molecule has 102 valence electrons. The predicted octanol–water partition coefficient (Wildman–Crippen LogP) is 2.22. The van der Waals surface area contributed by atoms with E-state index in [0.29, 0.717) is 12.3 Å². The quantitative estimate of drug-likeness (QED) is 0.872. The molecule has 0 bridgehead atoms. The van der Waals surface area contributed by atoms with Gasteiger partial charge in [0, 0.05) is 17.8 Å². The minimum absolute atomic E-state index is 0. The van der Waals surface area contributed by atoms with Gasteiger partial charge in [-0.25, -0.2) is 0 Å². The van der Waals surface area contributed by atoms with Crippen LogP contribution in [0.5, 0.6) is 0 Å². The van der Waals surface area contributed by atoms with Crippen molar-refractivity contribution < 1.29 is 4.79 Å². The number of carbonyl (C=O) groups excluding carboxylic acids is 1. The molecule has 1 aliphatic heterocycles. The van der Waals surface area contributed by atoms with Gasteiger partial charge in [0.05, 0.1) is 0 Å². The van der Waals surface area contributed by atoms with Crippen molar-refractivity contribution in [2.24, 2.45) is 5.92 Å². The molecule has 0 spiro atoms. The molecular weight excluding hydrogens is 268 g/mol. The Morgan fingerprint density at radius 2 is 2.22 bits per heavy atom. The number of halogens is 1. The zero-order valence-electron chi connectivity index (χ0n) is 10.5. The van der Waals surface area contributed by atoms with Gasteiger partial charge >= 0.3 is 0 Å². The molecule has 5 heteroatoms. The van der Waals surface area contributed by atoms with Gasteiger partial charge in [-0.1, -0.05) is 6.07 Å². The molecule has 2 heterocycles. The molecule has 0 atom stereocenters. The van der Waals surface area contributed by atoms with E-state index in [1.165, 1.54) is 4.88 Å². The molecule has 1 aromatic rings. The van der Waals surface area contributed by atoms with Crippen LogP contribution in [0.3, 0.4) is 0 Å². The van der Waals surface area contributed by atoms with Crippen molar-refractivity contribution in [3.8, 4) is 0 Å². The number of piperidine rings is 1. The standard InChI is InChI=1S/C13H20N2OS.ClH/c16-13(10-11-3-6-14-7-4-11)15-8-5-12-2-1-9-17-12;/h1-2,9,11,14H,3-8,10H2,(H,15,16);1H. The van der Waals surface area contributed by atoms with Crippen molar-refractivity contribution in [1.82, 2.24) is 10.6 Å².